The van der Waals surface area contributed by atoms with Crippen molar-refractivity contribution < 1.29 is 19.1 Å². The van der Waals surface area contributed by atoms with Gasteiger partial charge in [0.25, 0.3) is 5.91 Å². The molecule has 11 nitrogen and oxygen atoms in total. The first-order chi connectivity index (χ1) is 19.9. The van der Waals surface area contributed by atoms with Gasteiger partial charge >= 0.3 is 5.97 Å². The highest BCUT2D eigenvalue weighted by Gasteiger charge is 2.19. The molecular formula is C31H41N7O4. The van der Waals surface area contributed by atoms with Crippen LogP contribution in [0.4, 0.5) is 23.1 Å². The van der Waals surface area contributed by atoms with Gasteiger partial charge in [0.2, 0.25) is 11.9 Å². The second kappa shape index (κ2) is 14.9. The second-order valence-corrected chi connectivity index (χ2v) is 11.0. The number of hydrogen-bond donors (Lipinski definition) is 4. The van der Waals surface area contributed by atoms with E-state index in [0.29, 0.717) is 41.8 Å². The molecule has 3 rings (SSSR count). The zero-order chi connectivity index (χ0) is 30.7. The minimum Gasteiger partial charge on any atom is -0.460 e. The maximum atomic E-state index is 13.4. The number of carbonyl (C=O) groups excluding carboxylic acids is 3. The number of amides is 2. The quantitative estimate of drug-likeness (QED) is 0.200. The summed E-state index contributed by atoms with van der Waals surface area (Å²) in [5.74, 6) is -0.295. The molecule has 0 bridgehead atoms. The van der Waals surface area contributed by atoms with Crippen molar-refractivity contribution in [2.45, 2.75) is 72.8 Å². The number of anilines is 4. The molecule has 2 aromatic heterocycles. The van der Waals surface area contributed by atoms with Crippen LogP contribution in [0.1, 0.15) is 74.0 Å². The van der Waals surface area contributed by atoms with E-state index in [1.165, 1.54) is 6.20 Å². The van der Waals surface area contributed by atoms with E-state index in [2.05, 4.69) is 36.2 Å². The van der Waals surface area contributed by atoms with Crippen LogP contribution in [0.2, 0.25) is 0 Å². The van der Waals surface area contributed by atoms with Crippen molar-refractivity contribution in [2.75, 3.05) is 34.4 Å². The Balaban J connectivity index is 1.69. The molecule has 0 radical (unpaired) electrons. The minimum atomic E-state index is -0.609. The SMILES string of the molecule is CCCNc1nc(NCCc2ccncc2)ncc1C(=O)Nc1cc(NC(=O)CCC(=O)OC(C)(C)C)c(C)cc1C. The highest BCUT2D eigenvalue weighted by Crippen LogP contribution is 2.26. The zero-order valence-electron chi connectivity index (χ0n) is 25.3. The average molecular weight is 576 g/mol. The first-order valence-electron chi connectivity index (χ1n) is 14.1. The fourth-order valence-electron chi connectivity index (χ4n) is 4.01. The van der Waals surface area contributed by atoms with Gasteiger partial charge in [0.15, 0.2) is 0 Å². The van der Waals surface area contributed by atoms with Crippen molar-refractivity contribution in [1.29, 1.82) is 0 Å². The Morgan fingerprint density at radius 2 is 1.60 bits per heavy atom. The molecule has 0 unspecified atom stereocenters. The summed E-state index contributed by atoms with van der Waals surface area (Å²) >= 11 is 0. The van der Waals surface area contributed by atoms with Gasteiger partial charge in [-0.2, -0.15) is 4.98 Å². The number of nitrogens with one attached hydrogen (secondary N) is 4. The lowest BCUT2D eigenvalue weighted by atomic mass is 10.1. The molecule has 1 aromatic carbocycles. The van der Waals surface area contributed by atoms with Crippen LogP contribution in [0.5, 0.6) is 0 Å². The van der Waals surface area contributed by atoms with E-state index in [4.69, 9.17) is 4.74 Å². The molecule has 0 spiro atoms. The number of aromatic nitrogens is 3. The Bertz CT molecular complexity index is 1390. The Hall–Kier alpha value is -4.54. The van der Waals surface area contributed by atoms with Gasteiger partial charge in [0, 0.05) is 49.5 Å². The highest BCUT2D eigenvalue weighted by atomic mass is 16.6. The smallest absolute Gasteiger partial charge is 0.306 e. The number of pyridine rings is 1. The summed E-state index contributed by atoms with van der Waals surface area (Å²) in [4.78, 5) is 50.9. The summed E-state index contributed by atoms with van der Waals surface area (Å²) in [5.41, 5.74) is 3.56. The molecule has 0 saturated carbocycles. The molecule has 0 aliphatic rings. The lowest BCUT2D eigenvalue weighted by Crippen LogP contribution is -2.24. The zero-order valence-corrected chi connectivity index (χ0v) is 25.3. The van der Waals surface area contributed by atoms with E-state index in [1.807, 2.05) is 39.0 Å². The molecule has 4 N–H and O–H groups in total. The van der Waals surface area contributed by atoms with E-state index in [1.54, 1.807) is 39.2 Å². The van der Waals surface area contributed by atoms with E-state index >= 15 is 0 Å². The van der Waals surface area contributed by atoms with E-state index < -0.39 is 11.6 Å². The third-order valence-electron chi connectivity index (χ3n) is 6.09. The maximum Gasteiger partial charge on any atom is 0.306 e. The van der Waals surface area contributed by atoms with Gasteiger partial charge in [0.05, 0.1) is 6.42 Å². The first kappa shape index (κ1) is 32.0. The Morgan fingerprint density at radius 1 is 0.905 bits per heavy atom. The van der Waals surface area contributed by atoms with E-state index in [0.717, 1.165) is 29.5 Å². The van der Waals surface area contributed by atoms with Crippen LogP contribution in [-0.4, -0.2) is 51.4 Å². The van der Waals surface area contributed by atoms with Crippen molar-refractivity contribution in [1.82, 2.24) is 15.0 Å². The summed E-state index contributed by atoms with van der Waals surface area (Å²) < 4.78 is 5.27. The number of rotatable bonds is 13. The normalized spacial score (nSPS) is 11.0. The molecule has 0 saturated heterocycles. The fraction of sp³-hybridized carbons (Fsp3) is 0.419. The second-order valence-electron chi connectivity index (χ2n) is 11.0. The van der Waals surface area contributed by atoms with Gasteiger partial charge in [-0.25, -0.2) is 4.98 Å². The van der Waals surface area contributed by atoms with Crippen LogP contribution in [-0.2, 0) is 20.7 Å². The standard InChI is InChI=1S/C31H41N7O4/c1-7-13-33-28-23(19-35-30(38-28)34-16-12-22-10-14-32-15-11-22)29(41)37-25-18-24(20(2)17-21(25)3)36-26(39)8-9-27(40)42-31(4,5)6/h10-11,14-15,17-19H,7-9,12-13,16H2,1-6H3,(H,36,39)(H,37,41)(H2,33,34,35,38). The maximum absolute atomic E-state index is 13.4. The van der Waals surface area contributed by atoms with Crippen LogP contribution in [0.3, 0.4) is 0 Å². The number of aryl methyl sites for hydroxylation is 2. The third kappa shape index (κ3) is 10.1. The van der Waals surface area contributed by atoms with Gasteiger partial charge in [-0.05, 0) is 82.3 Å². The number of ether oxygens (including phenoxy) is 1. The third-order valence-corrected chi connectivity index (χ3v) is 6.09. The molecule has 42 heavy (non-hydrogen) atoms. The predicted octanol–water partition coefficient (Wildman–Crippen LogP) is 5.28. The molecule has 2 amide bonds. The molecule has 2 heterocycles. The van der Waals surface area contributed by atoms with Gasteiger partial charge < -0.3 is 26.0 Å². The highest BCUT2D eigenvalue weighted by molar-refractivity contribution is 6.08. The molecular weight excluding hydrogens is 534 g/mol. The van der Waals surface area contributed by atoms with Crippen LogP contribution >= 0.6 is 0 Å². The molecule has 11 heteroatoms. The van der Waals surface area contributed by atoms with Crippen LogP contribution in [0, 0.1) is 13.8 Å². The van der Waals surface area contributed by atoms with E-state index in [-0.39, 0.29) is 24.7 Å². The van der Waals surface area contributed by atoms with Gasteiger partial charge in [-0.15, -0.1) is 0 Å². The molecule has 3 aromatic rings. The van der Waals surface area contributed by atoms with Gasteiger partial charge in [0.1, 0.15) is 17.0 Å². The lowest BCUT2D eigenvalue weighted by Gasteiger charge is -2.19. The largest absolute Gasteiger partial charge is 0.460 e. The van der Waals surface area contributed by atoms with Crippen LogP contribution in [0.15, 0.2) is 42.9 Å². The van der Waals surface area contributed by atoms with Crippen molar-refractivity contribution in [3.05, 3.63) is 65.1 Å². The minimum absolute atomic E-state index is 0.0172. The summed E-state index contributed by atoms with van der Waals surface area (Å²) in [5, 5.41) is 12.2. The molecule has 224 valence electrons. The summed E-state index contributed by atoms with van der Waals surface area (Å²) in [7, 11) is 0. The first-order valence-corrected chi connectivity index (χ1v) is 14.1. The van der Waals surface area contributed by atoms with Crippen molar-refractivity contribution in [3.8, 4) is 0 Å². The molecule has 0 aliphatic heterocycles. The number of carbonyl (C=O) groups is 3. The molecule has 0 aliphatic carbocycles. The Morgan fingerprint density at radius 3 is 2.26 bits per heavy atom. The van der Waals surface area contributed by atoms with Crippen LogP contribution < -0.4 is 21.3 Å². The summed E-state index contributed by atoms with van der Waals surface area (Å²) in [6.45, 7) is 12.4. The Kier molecular flexibility index (Phi) is 11.3. The molecule has 0 fully saturated rings. The molecule has 0 atom stereocenters. The predicted molar refractivity (Wildman–Crippen MR) is 165 cm³/mol. The number of nitrogens with zero attached hydrogens (tertiary/aromatic N) is 3. The van der Waals surface area contributed by atoms with Crippen molar-refractivity contribution in [2.24, 2.45) is 0 Å². The topological polar surface area (TPSA) is 147 Å². The average Bonchev–Trinajstić information content (AvgIpc) is 2.93. The van der Waals surface area contributed by atoms with Crippen molar-refractivity contribution in [3.63, 3.8) is 0 Å². The number of benzene rings is 1. The lowest BCUT2D eigenvalue weighted by molar-refractivity contribution is -0.155. The number of hydrogen-bond acceptors (Lipinski definition) is 9. The monoisotopic (exact) mass is 575 g/mol. The van der Waals surface area contributed by atoms with Gasteiger partial charge in [-0.3, -0.25) is 19.4 Å². The fourth-order valence-corrected chi connectivity index (χ4v) is 4.01. The number of esters is 1. The van der Waals surface area contributed by atoms with Gasteiger partial charge in [-0.1, -0.05) is 13.0 Å². The van der Waals surface area contributed by atoms with Crippen molar-refractivity contribution >= 4 is 40.9 Å². The van der Waals surface area contributed by atoms with E-state index in [9.17, 15) is 14.4 Å². The van der Waals surface area contributed by atoms with Crippen LogP contribution in [0.25, 0.3) is 0 Å². The summed E-state index contributed by atoms with van der Waals surface area (Å²) in [6, 6.07) is 7.50. The summed E-state index contributed by atoms with van der Waals surface area (Å²) in [6.07, 6.45) is 6.59. The Labute approximate surface area is 247 Å².